The van der Waals surface area contributed by atoms with Crippen molar-refractivity contribution in [3.8, 4) is 6.07 Å². The highest BCUT2D eigenvalue weighted by molar-refractivity contribution is 5.83. The molecular weight excluding hydrogens is 300 g/mol. The number of methoxy groups -OCH3 is 1. The summed E-state index contributed by atoms with van der Waals surface area (Å²) in [6.45, 7) is 3.93. The van der Waals surface area contributed by atoms with Crippen molar-refractivity contribution >= 4 is 11.0 Å². The smallest absolute Gasteiger partial charge is 0.107 e. The van der Waals surface area contributed by atoms with Gasteiger partial charge in [-0.2, -0.15) is 5.26 Å². The van der Waals surface area contributed by atoms with Gasteiger partial charge in [0.15, 0.2) is 0 Å². The molecule has 1 aliphatic carbocycles. The minimum absolute atomic E-state index is 0.445. The molecule has 1 aliphatic rings. The van der Waals surface area contributed by atoms with Crippen LogP contribution in [0.2, 0.25) is 0 Å². The van der Waals surface area contributed by atoms with Crippen LogP contribution in [0.25, 0.3) is 11.0 Å². The molecule has 3 rings (SSSR count). The highest BCUT2D eigenvalue weighted by Crippen LogP contribution is 2.38. The second-order valence-corrected chi connectivity index (χ2v) is 6.72. The number of hydrogen-bond donors (Lipinski definition) is 1. The Labute approximate surface area is 143 Å². The van der Waals surface area contributed by atoms with Gasteiger partial charge in [0, 0.05) is 32.1 Å². The van der Waals surface area contributed by atoms with Crippen LogP contribution in [0.5, 0.6) is 0 Å². The third-order valence-corrected chi connectivity index (χ3v) is 4.90. The van der Waals surface area contributed by atoms with E-state index in [-0.39, 0.29) is 0 Å². The van der Waals surface area contributed by atoms with E-state index < -0.39 is 0 Å². The average molecular weight is 324 g/mol. The third kappa shape index (κ3) is 3.55. The summed E-state index contributed by atoms with van der Waals surface area (Å²) in [7, 11) is 1.73. The Morgan fingerprint density at radius 2 is 2.00 bits per heavy atom. The minimum Gasteiger partial charge on any atom is -0.383 e. The summed E-state index contributed by atoms with van der Waals surface area (Å²) in [5, 5.41) is 12.9. The number of ether oxygens (including phenoxy) is 1. The molecule has 2 aromatic rings. The van der Waals surface area contributed by atoms with Crippen molar-refractivity contribution < 1.29 is 4.74 Å². The monoisotopic (exact) mass is 324 g/mol. The van der Waals surface area contributed by atoms with E-state index in [2.05, 4.69) is 34.3 Å². The molecular formula is C19H24N4O. The number of rotatable bonds is 5. The fraction of sp³-hybridized carbons (Fsp3) is 0.526. The molecule has 0 amide bonds. The zero-order valence-corrected chi connectivity index (χ0v) is 14.3. The van der Waals surface area contributed by atoms with Crippen LogP contribution in [0.1, 0.15) is 43.2 Å². The van der Waals surface area contributed by atoms with Gasteiger partial charge >= 0.3 is 0 Å². The highest BCUT2D eigenvalue weighted by atomic mass is 16.5. The lowest BCUT2D eigenvalue weighted by atomic mass is 9.75. The van der Waals surface area contributed by atoms with Crippen molar-refractivity contribution in [2.45, 2.75) is 38.1 Å². The van der Waals surface area contributed by atoms with E-state index >= 15 is 0 Å². The average Bonchev–Trinajstić information content (AvgIpc) is 2.60. The largest absolute Gasteiger partial charge is 0.383 e. The fourth-order valence-corrected chi connectivity index (χ4v) is 3.89. The number of aromatic nitrogens is 2. The van der Waals surface area contributed by atoms with Gasteiger partial charge in [0.05, 0.1) is 17.7 Å². The van der Waals surface area contributed by atoms with Crippen molar-refractivity contribution in [3.63, 3.8) is 0 Å². The predicted octanol–water partition coefficient (Wildman–Crippen LogP) is 3.01. The maximum atomic E-state index is 9.30. The molecule has 1 aromatic carbocycles. The summed E-state index contributed by atoms with van der Waals surface area (Å²) in [5.74, 6) is 1.10. The van der Waals surface area contributed by atoms with Crippen molar-refractivity contribution in [1.82, 2.24) is 15.3 Å². The number of nitrogens with zero attached hydrogens (tertiary/aromatic N) is 3. The molecule has 5 nitrogen and oxygen atoms in total. The first-order valence-electron chi connectivity index (χ1n) is 8.59. The van der Waals surface area contributed by atoms with Crippen molar-refractivity contribution in [3.05, 3.63) is 35.7 Å². The van der Waals surface area contributed by atoms with Gasteiger partial charge < -0.3 is 10.1 Å². The van der Waals surface area contributed by atoms with Crippen LogP contribution in [0.15, 0.2) is 24.5 Å². The second kappa shape index (κ2) is 7.69. The van der Waals surface area contributed by atoms with E-state index in [0.29, 0.717) is 23.4 Å². The topological polar surface area (TPSA) is 70.8 Å². The zero-order valence-electron chi connectivity index (χ0n) is 14.3. The van der Waals surface area contributed by atoms with Gasteiger partial charge in [0.1, 0.15) is 11.6 Å². The molecule has 1 N–H and O–H groups in total. The van der Waals surface area contributed by atoms with Crippen molar-refractivity contribution in [1.29, 1.82) is 5.26 Å². The van der Waals surface area contributed by atoms with Crippen LogP contribution in [-0.4, -0.2) is 36.3 Å². The number of benzene rings is 1. The Balaban J connectivity index is 1.88. The van der Waals surface area contributed by atoms with Crippen LogP contribution in [0.3, 0.4) is 0 Å². The van der Waals surface area contributed by atoms with E-state index in [1.54, 1.807) is 19.5 Å². The van der Waals surface area contributed by atoms with E-state index in [4.69, 9.17) is 4.74 Å². The van der Waals surface area contributed by atoms with Gasteiger partial charge in [-0.3, -0.25) is 9.97 Å². The molecule has 3 atom stereocenters. The molecule has 1 saturated carbocycles. The van der Waals surface area contributed by atoms with Crippen LogP contribution < -0.4 is 5.32 Å². The molecule has 3 unspecified atom stereocenters. The molecule has 24 heavy (non-hydrogen) atoms. The van der Waals surface area contributed by atoms with Gasteiger partial charge in [-0.05, 0) is 42.7 Å². The van der Waals surface area contributed by atoms with Gasteiger partial charge in [-0.15, -0.1) is 0 Å². The Kier molecular flexibility index (Phi) is 5.39. The molecule has 1 heterocycles. The first-order chi connectivity index (χ1) is 11.7. The Morgan fingerprint density at radius 1 is 1.21 bits per heavy atom. The van der Waals surface area contributed by atoms with Crippen LogP contribution in [0.4, 0.5) is 0 Å². The SMILES string of the molecule is COCCNC1CC(C)CC(c2ccc(C#N)c3nccnc23)C1. The van der Waals surface area contributed by atoms with Crippen molar-refractivity contribution in [2.75, 3.05) is 20.3 Å². The quantitative estimate of drug-likeness (QED) is 0.856. The Morgan fingerprint density at radius 3 is 2.75 bits per heavy atom. The van der Waals surface area contributed by atoms with Gasteiger partial charge in [0.2, 0.25) is 0 Å². The van der Waals surface area contributed by atoms with Crippen LogP contribution in [-0.2, 0) is 4.74 Å². The first kappa shape index (κ1) is 16.8. The van der Waals surface area contributed by atoms with E-state index in [0.717, 1.165) is 37.0 Å². The Bertz CT molecular complexity index is 740. The normalized spacial score (nSPS) is 24.0. The van der Waals surface area contributed by atoms with E-state index in [1.807, 2.05) is 6.07 Å². The minimum atomic E-state index is 0.445. The molecule has 0 aliphatic heterocycles. The number of hydrogen-bond acceptors (Lipinski definition) is 5. The number of nitriles is 1. The summed E-state index contributed by atoms with van der Waals surface area (Å²) in [6.07, 6.45) is 6.81. The lowest BCUT2D eigenvalue weighted by Crippen LogP contribution is -2.38. The molecule has 126 valence electrons. The molecule has 5 heteroatoms. The summed E-state index contributed by atoms with van der Waals surface area (Å²) >= 11 is 0. The van der Waals surface area contributed by atoms with Gasteiger partial charge in [0.25, 0.3) is 0 Å². The third-order valence-electron chi connectivity index (χ3n) is 4.90. The van der Waals surface area contributed by atoms with E-state index in [1.165, 1.54) is 12.0 Å². The van der Waals surface area contributed by atoms with Gasteiger partial charge in [-0.25, -0.2) is 0 Å². The number of nitrogens with one attached hydrogen (secondary N) is 1. The lowest BCUT2D eigenvalue weighted by Gasteiger charge is -2.34. The lowest BCUT2D eigenvalue weighted by molar-refractivity contribution is 0.185. The molecule has 0 bridgehead atoms. The first-order valence-corrected chi connectivity index (χ1v) is 8.59. The summed E-state index contributed by atoms with van der Waals surface area (Å²) in [6, 6.07) is 6.68. The Hall–Kier alpha value is -2.03. The standard InChI is InChI=1S/C19H24N4O/c1-13-9-15(11-16(10-13)21-7-8-24-2)17-4-3-14(12-20)18-19(17)23-6-5-22-18/h3-6,13,15-16,21H,7-11H2,1-2H3. The van der Waals surface area contributed by atoms with Crippen LogP contribution >= 0.6 is 0 Å². The van der Waals surface area contributed by atoms with Crippen LogP contribution in [0, 0.1) is 17.2 Å². The zero-order chi connectivity index (χ0) is 16.9. The maximum absolute atomic E-state index is 9.30. The van der Waals surface area contributed by atoms with Crippen molar-refractivity contribution in [2.24, 2.45) is 5.92 Å². The fourth-order valence-electron chi connectivity index (χ4n) is 3.89. The molecule has 0 saturated heterocycles. The predicted molar refractivity (Wildman–Crippen MR) is 93.7 cm³/mol. The summed E-state index contributed by atoms with van der Waals surface area (Å²) < 4.78 is 5.14. The molecule has 0 radical (unpaired) electrons. The maximum Gasteiger partial charge on any atom is 0.107 e. The number of fused-ring (bicyclic) bond motifs is 1. The highest BCUT2D eigenvalue weighted by Gasteiger charge is 2.29. The second-order valence-electron chi connectivity index (χ2n) is 6.72. The molecule has 0 spiro atoms. The molecule has 1 aromatic heterocycles. The molecule has 1 fully saturated rings. The summed E-state index contributed by atoms with van der Waals surface area (Å²) in [4.78, 5) is 8.93. The van der Waals surface area contributed by atoms with Gasteiger partial charge in [-0.1, -0.05) is 13.0 Å². The summed E-state index contributed by atoms with van der Waals surface area (Å²) in [5.41, 5.74) is 3.42. The van der Waals surface area contributed by atoms with E-state index in [9.17, 15) is 5.26 Å².